The molecule has 0 unspecified atom stereocenters. The van der Waals surface area contributed by atoms with Crippen LogP contribution in [0.15, 0.2) is 54.7 Å². The summed E-state index contributed by atoms with van der Waals surface area (Å²) in [6.07, 6.45) is 1.85. The zero-order valence-corrected chi connectivity index (χ0v) is 12.6. The van der Waals surface area contributed by atoms with Gasteiger partial charge in [-0.05, 0) is 18.2 Å². The first-order valence-corrected chi connectivity index (χ1v) is 7.27. The number of hydrogen-bond donors (Lipinski definition) is 0. The minimum atomic E-state index is -0.0644. The number of fused-ring (bicyclic) bond motifs is 1. The Balaban J connectivity index is 2.32. The van der Waals surface area contributed by atoms with Gasteiger partial charge in [0.15, 0.2) is 5.78 Å². The molecule has 3 rings (SSSR count). The number of nitrogens with zero attached hydrogens (tertiary/aromatic N) is 2. The van der Waals surface area contributed by atoms with Crippen molar-refractivity contribution in [3.8, 4) is 11.8 Å². The summed E-state index contributed by atoms with van der Waals surface area (Å²) in [5.41, 5.74) is 3.03. The zero-order valence-electron chi connectivity index (χ0n) is 12.6. The predicted molar refractivity (Wildman–Crippen MR) is 87.2 cm³/mol. The number of carbonyl (C=O) groups excluding carboxylic acids is 1. The van der Waals surface area contributed by atoms with Crippen molar-refractivity contribution < 1.29 is 4.79 Å². The largest absolute Gasteiger partial charge is 0.314 e. The highest BCUT2D eigenvalue weighted by atomic mass is 16.1. The first-order valence-electron chi connectivity index (χ1n) is 7.27. The molecule has 22 heavy (non-hydrogen) atoms. The molecule has 1 heterocycles. The van der Waals surface area contributed by atoms with Crippen LogP contribution in [0.3, 0.4) is 0 Å². The second-order valence-corrected chi connectivity index (χ2v) is 5.58. The van der Waals surface area contributed by atoms with Crippen LogP contribution in [0.2, 0.25) is 0 Å². The van der Waals surface area contributed by atoms with Crippen LogP contribution < -0.4 is 0 Å². The van der Waals surface area contributed by atoms with Crippen LogP contribution in [0.25, 0.3) is 16.6 Å². The predicted octanol–water partition coefficient (Wildman–Crippen LogP) is 4.34. The summed E-state index contributed by atoms with van der Waals surface area (Å²) >= 11 is 0. The fourth-order valence-electron chi connectivity index (χ4n) is 2.66. The Morgan fingerprint density at radius 1 is 1.09 bits per heavy atom. The highest BCUT2D eigenvalue weighted by molar-refractivity contribution is 6.09. The van der Waals surface area contributed by atoms with E-state index in [1.54, 1.807) is 6.07 Å². The van der Waals surface area contributed by atoms with E-state index in [1.807, 2.05) is 67.1 Å². The van der Waals surface area contributed by atoms with Crippen molar-refractivity contribution >= 4 is 16.7 Å². The summed E-state index contributed by atoms with van der Waals surface area (Å²) in [4.78, 5) is 12.5. The Morgan fingerprint density at radius 2 is 1.77 bits per heavy atom. The van der Waals surface area contributed by atoms with Gasteiger partial charge in [0.1, 0.15) is 6.07 Å². The van der Waals surface area contributed by atoms with Crippen LogP contribution in [-0.2, 0) is 0 Å². The maximum Gasteiger partial charge on any atom is 0.167 e. The second-order valence-electron chi connectivity index (χ2n) is 5.58. The molecule has 0 N–H and O–H groups in total. The van der Waals surface area contributed by atoms with Crippen molar-refractivity contribution in [2.45, 2.75) is 13.8 Å². The Morgan fingerprint density at radius 3 is 2.50 bits per heavy atom. The molecule has 3 aromatic rings. The van der Waals surface area contributed by atoms with Gasteiger partial charge in [-0.3, -0.25) is 4.79 Å². The number of rotatable bonds is 3. The molecule has 0 aliphatic carbocycles. The molecule has 1 aromatic heterocycles. The quantitative estimate of drug-likeness (QED) is 0.673. The van der Waals surface area contributed by atoms with Crippen molar-refractivity contribution in [1.29, 1.82) is 5.26 Å². The smallest absolute Gasteiger partial charge is 0.167 e. The highest BCUT2D eigenvalue weighted by Gasteiger charge is 2.18. The van der Waals surface area contributed by atoms with Crippen molar-refractivity contribution in [3.63, 3.8) is 0 Å². The van der Waals surface area contributed by atoms with E-state index in [4.69, 9.17) is 0 Å². The van der Waals surface area contributed by atoms with Crippen LogP contribution in [0.5, 0.6) is 0 Å². The lowest BCUT2D eigenvalue weighted by Crippen LogP contribution is -2.06. The molecule has 0 fully saturated rings. The van der Waals surface area contributed by atoms with Crippen LogP contribution in [0, 0.1) is 17.2 Å². The molecule has 0 aliphatic heterocycles. The summed E-state index contributed by atoms with van der Waals surface area (Å²) in [5, 5.41) is 10.3. The molecule has 0 saturated carbocycles. The minimum absolute atomic E-state index is 0.0644. The van der Waals surface area contributed by atoms with Crippen molar-refractivity contribution in [3.05, 3.63) is 65.9 Å². The summed E-state index contributed by atoms with van der Waals surface area (Å²) < 4.78 is 1.93. The van der Waals surface area contributed by atoms with Crippen LogP contribution in [0.4, 0.5) is 0 Å². The molecule has 3 nitrogen and oxygen atoms in total. The normalized spacial score (nSPS) is 10.8. The number of benzene rings is 2. The molecular formula is C19H16N2O. The number of carbonyl (C=O) groups is 1. The fraction of sp³-hybridized carbons (Fsp3) is 0.158. The molecule has 0 saturated heterocycles. The van der Waals surface area contributed by atoms with Gasteiger partial charge in [0, 0.05) is 23.1 Å². The number of ketones is 1. The van der Waals surface area contributed by atoms with Gasteiger partial charge in [-0.25, -0.2) is 0 Å². The first kappa shape index (κ1) is 14.1. The lowest BCUT2D eigenvalue weighted by atomic mass is 10.0. The van der Waals surface area contributed by atoms with E-state index in [9.17, 15) is 10.1 Å². The standard InChI is InChI=1S/C19H16N2O/c1-13(2)19(22)16-12-21(18-10-6-4-8-15(16)18)17-9-5-3-7-14(17)11-20/h3-10,12-13H,1-2H3. The van der Waals surface area contributed by atoms with Gasteiger partial charge >= 0.3 is 0 Å². The minimum Gasteiger partial charge on any atom is -0.314 e. The molecule has 3 heteroatoms. The molecule has 0 amide bonds. The van der Waals surface area contributed by atoms with Crippen LogP contribution >= 0.6 is 0 Å². The van der Waals surface area contributed by atoms with Gasteiger partial charge in [0.05, 0.1) is 16.8 Å². The van der Waals surface area contributed by atoms with E-state index in [0.717, 1.165) is 16.6 Å². The van der Waals surface area contributed by atoms with Crippen LogP contribution in [-0.4, -0.2) is 10.4 Å². The van der Waals surface area contributed by atoms with Gasteiger partial charge in [-0.15, -0.1) is 0 Å². The Hall–Kier alpha value is -2.86. The number of Topliss-reactive ketones (excluding diaryl/α,β-unsaturated/α-hetero) is 1. The summed E-state index contributed by atoms with van der Waals surface area (Å²) in [6, 6.07) is 17.4. The Bertz CT molecular complexity index is 897. The molecule has 0 bridgehead atoms. The first-order chi connectivity index (χ1) is 10.6. The maximum absolute atomic E-state index is 12.5. The topological polar surface area (TPSA) is 45.8 Å². The van der Waals surface area contributed by atoms with E-state index in [1.165, 1.54) is 0 Å². The number of nitriles is 1. The molecular weight excluding hydrogens is 272 g/mol. The average Bonchev–Trinajstić information content (AvgIpc) is 2.93. The van der Waals surface area contributed by atoms with E-state index >= 15 is 0 Å². The van der Waals surface area contributed by atoms with E-state index in [-0.39, 0.29) is 11.7 Å². The van der Waals surface area contributed by atoms with Gasteiger partial charge in [-0.2, -0.15) is 5.26 Å². The summed E-state index contributed by atoms with van der Waals surface area (Å²) in [6.45, 7) is 3.80. The number of para-hydroxylation sites is 2. The molecule has 0 atom stereocenters. The lowest BCUT2D eigenvalue weighted by Gasteiger charge is -2.06. The molecule has 2 aromatic carbocycles. The van der Waals surface area contributed by atoms with Crippen molar-refractivity contribution in [2.75, 3.05) is 0 Å². The second kappa shape index (κ2) is 5.50. The number of hydrogen-bond acceptors (Lipinski definition) is 2. The van der Waals surface area contributed by atoms with E-state index in [2.05, 4.69) is 6.07 Å². The summed E-state index contributed by atoms with van der Waals surface area (Å²) in [7, 11) is 0. The monoisotopic (exact) mass is 288 g/mol. The average molecular weight is 288 g/mol. The van der Waals surface area contributed by atoms with Gasteiger partial charge < -0.3 is 4.57 Å². The Labute approximate surface area is 129 Å². The molecule has 0 spiro atoms. The maximum atomic E-state index is 12.5. The van der Waals surface area contributed by atoms with Gasteiger partial charge in [0.2, 0.25) is 0 Å². The van der Waals surface area contributed by atoms with Crippen molar-refractivity contribution in [1.82, 2.24) is 4.57 Å². The highest BCUT2D eigenvalue weighted by Crippen LogP contribution is 2.28. The molecule has 0 radical (unpaired) electrons. The lowest BCUT2D eigenvalue weighted by molar-refractivity contribution is 0.0941. The SMILES string of the molecule is CC(C)C(=O)c1cn(-c2ccccc2C#N)c2ccccc12. The molecule has 0 aliphatic rings. The third kappa shape index (κ3) is 2.19. The number of aromatic nitrogens is 1. The third-order valence-electron chi connectivity index (χ3n) is 3.79. The zero-order chi connectivity index (χ0) is 15.7. The summed E-state index contributed by atoms with van der Waals surface area (Å²) in [5.74, 6) is 0.0508. The van der Waals surface area contributed by atoms with Crippen molar-refractivity contribution in [2.24, 2.45) is 5.92 Å². The van der Waals surface area contributed by atoms with Gasteiger partial charge in [0.25, 0.3) is 0 Å². The van der Waals surface area contributed by atoms with E-state index < -0.39 is 0 Å². The fourth-order valence-corrected chi connectivity index (χ4v) is 2.66. The van der Waals surface area contributed by atoms with E-state index in [0.29, 0.717) is 11.1 Å². The van der Waals surface area contributed by atoms with Gasteiger partial charge in [-0.1, -0.05) is 44.2 Å². The molecule has 108 valence electrons. The third-order valence-corrected chi connectivity index (χ3v) is 3.79. The Kier molecular flexibility index (Phi) is 3.52. The van der Waals surface area contributed by atoms with Crippen LogP contribution in [0.1, 0.15) is 29.8 Å².